The number of hydrogen-bond donors (Lipinski definition) is 1. The molecule has 0 radical (unpaired) electrons. The SMILES string of the molecule is CCOc1cc(/C=N/n2nnnc2N)cc([N+](=O)[O-])c1OCc1ccccc1. The lowest BCUT2D eigenvalue weighted by molar-refractivity contribution is -0.386. The van der Waals surface area contributed by atoms with E-state index >= 15 is 0 Å². The maximum absolute atomic E-state index is 11.6. The van der Waals surface area contributed by atoms with Crippen LogP contribution in [0.15, 0.2) is 47.6 Å². The van der Waals surface area contributed by atoms with Crippen LogP contribution in [0.1, 0.15) is 18.1 Å². The zero-order chi connectivity index (χ0) is 19.9. The Labute approximate surface area is 159 Å². The number of rotatable bonds is 8. The molecule has 11 nitrogen and oxygen atoms in total. The predicted molar refractivity (Wildman–Crippen MR) is 100 cm³/mol. The Hall–Kier alpha value is -4.02. The summed E-state index contributed by atoms with van der Waals surface area (Å²) in [6.45, 7) is 2.24. The van der Waals surface area contributed by atoms with Crippen molar-refractivity contribution < 1.29 is 14.4 Å². The molecular formula is C17H17N7O4. The van der Waals surface area contributed by atoms with E-state index in [0.717, 1.165) is 10.4 Å². The fourth-order valence-electron chi connectivity index (χ4n) is 2.35. The lowest BCUT2D eigenvalue weighted by Gasteiger charge is -2.13. The van der Waals surface area contributed by atoms with Crippen molar-refractivity contribution in [3.05, 3.63) is 63.7 Å². The van der Waals surface area contributed by atoms with Crippen molar-refractivity contribution in [3.8, 4) is 11.5 Å². The second-order valence-corrected chi connectivity index (χ2v) is 5.50. The van der Waals surface area contributed by atoms with E-state index in [1.807, 2.05) is 30.3 Å². The first-order chi connectivity index (χ1) is 13.6. The van der Waals surface area contributed by atoms with Gasteiger partial charge in [0, 0.05) is 11.6 Å². The molecule has 144 valence electrons. The Morgan fingerprint density at radius 3 is 2.71 bits per heavy atom. The summed E-state index contributed by atoms with van der Waals surface area (Å²) >= 11 is 0. The van der Waals surface area contributed by atoms with Crippen molar-refractivity contribution >= 4 is 17.9 Å². The third-order valence-corrected chi connectivity index (χ3v) is 3.57. The Balaban J connectivity index is 1.94. The Kier molecular flexibility index (Phi) is 5.75. The molecule has 0 fully saturated rings. The minimum atomic E-state index is -0.536. The third kappa shape index (κ3) is 4.38. The van der Waals surface area contributed by atoms with Crippen LogP contribution in [0.5, 0.6) is 11.5 Å². The van der Waals surface area contributed by atoms with Crippen LogP contribution in [0, 0.1) is 10.1 Å². The number of hydrogen-bond acceptors (Lipinski definition) is 9. The van der Waals surface area contributed by atoms with Gasteiger partial charge in [0.25, 0.3) is 5.95 Å². The molecule has 0 aliphatic carbocycles. The van der Waals surface area contributed by atoms with Gasteiger partial charge in [-0.15, -0.1) is 0 Å². The number of tetrazole rings is 1. The van der Waals surface area contributed by atoms with Crippen LogP contribution in [0.2, 0.25) is 0 Å². The summed E-state index contributed by atoms with van der Waals surface area (Å²) in [6.07, 6.45) is 1.34. The van der Waals surface area contributed by atoms with Gasteiger partial charge >= 0.3 is 5.69 Å². The van der Waals surface area contributed by atoms with Gasteiger partial charge in [0.1, 0.15) is 6.61 Å². The molecule has 3 rings (SSSR count). The third-order valence-electron chi connectivity index (χ3n) is 3.57. The van der Waals surface area contributed by atoms with Crippen molar-refractivity contribution in [1.82, 2.24) is 20.3 Å². The van der Waals surface area contributed by atoms with E-state index in [9.17, 15) is 10.1 Å². The van der Waals surface area contributed by atoms with Gasteiger partial charge in [0.05, 0.1) is 17.7 Å². The van der Waals surface area contributed by atoms with Crippen LogP contribution in [0.25, 0.3) is 0 Å². The normalized spacial score (nSPS) is 10.9. The van der Waals surface area contributed by atoms with Gasteiger partial charge in [-0.2, -0.15) is 5.10 Å². The smallest absolute Gasteiger partial charge is 0.315 e. The minimum Gasteiger partial charge on any atom is -0.490 e. The predicted octanol–water partition coefficient (Wildman–Crippen LogP) is 2.02. The first kappa shape index (κ1) is 18.8. The number of ether oxygens (including phenoxy) is 2. The molecule has 2 N–H and O–H groups in total. The summed E-state index contributed by atoms with van der Waals surface area (Å²) in [5.41, 5.74) is 6.57. The second-order valence-electron chi connectivity index (χ2n) is 5.50. The molecule has 0 atom stereocenters. The van der Waals surface area contributed by atoms with E-state index < -0.39 is 4.92 Å². The molecule has 0 aliphatic rings. The number of anilines is 1. The highest BCUT2D eigenvalue weighted by atomic mass is 16.6. The maximum Gasteiger partial charge on any atom is 0.315 e. The van der Waals surface area contributed by atoms with Gasteiger partial charge < -0.3 is 15.2 Å². The number of nitrogens with two attached hydrogens (primary N) is 1. The molecule has 0 amide bonds. The van der Waals surface area contributed by atoms with Gasteiger partial charge in [0.15, 0.2) is 5.75 Å². The standard InChI is InChI=1S/C17H17N7O4/c1-2-27-15-9-13(10-19-23-17(18)20-21-22-23)8-14(24(25)26)16(15)28-11-12-6-4-3-5-7-12/h3-10H,2,11H2,1H3,(H2,18,20,22)/b19-10+. The molecule has 0 saturated heterocycles. The average molecular weight is 383 g/mol. The van der Waals surface area contributed by atoms with E-state index in [4.69, 9.17) is 15.2 Å². The summed E-state index contributed by atoms with van der Waals surface area (Å²) in [7, 11) is 0. The number of aromatic nitrogens is 4. The Bertz CT molecular complexity index is 988. The van der Waals surface area contributed by atoms with Crippen molar-refractivity contribution in [2.24, 2.45) is 5.10 Å². The van der Waals surface area contributed by atoms with Crippen LogP contribution >= 0.6 is 0 Å². The molecule has 1 heterocycles. The van der Waals surface area contributed by atoms with Crippen LogP contribution in [0.4, 0.5) is 11.6 Å². The highest BCUT2D eigenvalue weighted by Crippen LogP contribution is 2.38. The molecule has 1 aromatic heterocycles. The number of nitrogen functional groups attached to an aromatic ring is 1. The molecular weight excluding hydrogens is 366 g/mol. The molecule has 28 heavy (non-hydrogen) atoms. The molecule has 0 saturated carbocycles. The summed E-state index contributed by atoms with van der Waals surface area (Å²) in [6, 6.07) is 12.2. The zero-order valence-electron chi connectivity index (χ0n) is 14.9. The van der Waals surface area contributed by atoms with Crippen LogP contribution in [0.3, 0.4) is 0 Å². The number of nitro groups is 1. The molecule has 3 aromatic rings. The van der Waals surface area contributed by atoms with Gasteiger partial charge in [-0.1, -0.05) is 40.2 Å². The largest absolute Gasteiger partial charge is 0.490 e. The summed E-state index contributed by atoms with van der Waals surface area (Å²) in [5, 5.41) is 26.0. The maximum atomic E-state index is 11.6. The topological polar surface area (TPSA) is 144 Å². The molecule has 11 heteroatoms. The fraction of sp³-hybridized carbons (Fsp3) is 0.176. The van der Waals surface area contributed by atoms with E-state index in [-0.39, 0.29) is 29.7 Å². The number of nitro benzene ring substituents is 1. The molecule has 0 bridgehead atoms. The van der Waals surface area contributed by atoms with E-state index in [1.54, 1.807) is 13.0 Å². The van der Waals surface area contributed by atoms with Crippen LogP contribution in [-0.4, -0.2) is 38.1 Å². The summed E-state index contributed by atoms with van der Waals surface area (Å²) < 4.78 is 11.3. The minimum absolute atomic E-state index is 0.0152. The van der Waals surface area contributed by atoms with E-state index in [2.05, 4.69) is 20.6 Å². The first-order valence-electron chi connectivity index (χ1n) is 8.28. The highest BCUT2D eigenvalue weighted by Gasteiger charge is 2.22. The lowest BCUT2D eigenvalue weighted by Crippen LogP contribution is -2.04. The van der Waals surface area contributed by atoms with Crippen molar-refractivity contribution in [3.63, 3.8) is 0 Å². The monoisotopic (exact) mass is 383 g/mol. The molecule has 0 spiro atoms. The van der Waals surface area contributed by atoms with Gasteiger partial charge in [-0.3, -0.25) is 10.1 Å². The highest BCUT2D eigenvalue weighted by molar-refractivity contribution is 5.83. The van der Waals surface area contributed by atoms with Gasteiger partial charge in [-0.25, -0.2) is 0 Å². The van der Waals surface area contributed by atoms with Crippen molar-refractivity contribution in [2.75, 3.05) is 12.3 Å². The lowest BCUT2D eigenvalue weighted by atomic mass is 10.1. The number of benzene rings is 2. The van der Waals surface area contributed by atoms with Gasteiger partial charge in [-0.05, 0) is 29.0 Å². The van der Waals surface area contributed by atoms with Crippen molar-refractivity contribution in [1.29, 1.82) is 0 Å². The average Bonchev–Trinajstić information content (AvgIpc) is 3.11. The summed E-state index contributed by atoms with van der Waals surface area (Å²) in [5.74, 6) is 0.271. The van der Waals surface area contributed by atoms with Gasteiger partial charge in [0.2, 0.25) is 5.75 Å². The quantitative estimate of drug-likeness (QED) is 0.353. The molecule has 0 unspecified atom stereocenters. The van der Waals surface area contributed by atoms with E-state index in [1.165, 1.54) is 12.3 Å². The van der Waals surface area contributed by atoms with Crippen LogP contribution in [-0.2, 0) is 6.61 Å². The first-order valence-corrected chi connectivity index (χ1v) is 8.28. The Morgan fingerprint density at radius 2 is 2.07 bits per heavy atom. The van der Waals surface area contributed by atoms with Crippen LogP contribution < -0.4 is 15.2 Å². The zero-order valence-corrected chi connectivity index (χ0v) is 14.9. The molecule has 2 aromatic carbocycles. The summed E-state index contributed by atoms with van der Waals surface area (Å²) in [4.78, 5) is 12.1. The number of nitrogens with zero attached hydrogens (tertiary/aromatic N) is 6. The molecule has 0 aliphatic heterocycles. The second kappa shape index (κ2) is 8.58. The fourth-order valence-corrected chi connectivity index (χ4v) is 2.35. The Morgan fingerprint density at radius 1 is 1.29 bits per heavy atom. The van der Waals surface area contributed by atoms with E-state index in [0.29, 0.717) is 12.2 Å². The van der Waals surface area contributed by atoms with Crippen molar-refractivity contribution in [2.45, 2.75) is 13.5 Å².